The maximum Gasteiger partial charge on any atom is 0.219 e. The Morgan fingerprint density at radius 3 is 2.70 bits per heavy atom. The number of hydrogen-bond acceptors (Lipinski definition) is 4. The van der Waals surface area contributed by atoms with Crippen LogP contribution in [0.4, 0.5) is 0 Å². The fraction of sp³-hybridized carbons (Fsp3) is 0.238. The minimum absolute atomic E-state index is 0.0570. The number of pyridine rings is 1. The van der Waals surface area contributed by atoms with E-state index in [0.717, 1.165) is 16.5 Å². The number of benzene rings is 2. The van der Waals surface area contributed by atoms with Gasteiger partial charge < -0.3 is 14.8 Å². The van der Waals surface area contributed by atoms with E-state index in [1.807, 2.05) is 38.1 Å². The van der Waals surface area contributed by atoms with Gasteiger partial charge in [-0.3, -0.25) is 4.79 Å². The number of rotatable bonds is 6. The smallest absolute Gasteiger partial charge is 0.219 e. The van der Waals surface area contributed by atoms with E-state index in [2.05, 4.69) is 10.3 Å². The van der Waals surface area contributed by atoms with E-state index in [1.165, 1.54) is 6.92 Å². The van der Waals surface area contributed by atoms with Gasteiger partial charge in [0, 0.05) is 24.4 Å². The molecular formula is C21H21ClN2O3. The molecule has 0 bridgehead atoms. The van der Waals surface area contributed by atoms with Gasteiger partial charge in [-0.25, -0.2) is 4.98 Å². The average molecular weight is 385 g/mol. The van der Waals surface area contributed by atoms with Gasteiger partial charge in [-0.15, -0.1) is 0 Å². The van der Waals surface area contributed by atoms with Gasteiger partial charge in [0.05, 0.1) is 23.2 Å². The highest BCUT2D eigenvalue weighted by atomic mass is 35.5. The van der Waals surface area contributed by atoms with E-state index in [0.29, 0.717) is 29.0 Å². The largest absolute Gasteiger partial charge is 0.492 e. The summed E-state index contributed by atoms with van der Waals surface area (Å²) in [4.78, 5) is 15.8. The van der Waals surface area contributed by atoms with E-state index in [1.54, 1.807) is 24.3 Å². The molecule has 1 unspecified atom stereocenters. The molecule has 27 heavy (non-hydrogen) atoms. The van der Waals surface area contributed by atoms with Gasteiger partial charge in [-0.2, -0.15) is 0 Å². The minimum atomic E-state index is -0.0613. The molecule has 1 N–H and O–H groups in total. The Hall–Kier alpha value is -2.79. The van der Waals surface area contributed by atoms with E-state index in [4.69, 9.17) is 21.1 Å². The summed E-state index contributed by atoms with van der Waals surface area (Å²) in [5, 5.41) is 4.35. The second-order valence-corrected chi connectivity index (χ2v) is 6.56. The van der Waals surface area contributed by atoms with Crippen molar-refractivity contribution in [2.75, 3.05) is 6.61 Å². The molecule has 0 saturated carbocycles. The number of halogens is 1. The molecule has 3 aromatic rings. The number of fused-ring (bicyclic) bond motifs is 1. The third kappa shape index (κ3) is 4.68. The number of carbonyl (C=O) groups is 1. The first-order chi connectivity index (χ1) is 13.0. The van der Waals surface area contributed by atoms with Crippen LogP contribution < -0.4 is 14.8 Å². The molecule has 0 saturated heterocycles. The van der Waals surface area contributed by atoms with E-state index < -0.39 is 0 Å². The van der Waals surface area contributed by atoms with Crippen LogP contribution in [-0.4, -0.2) is 17.5 Å². The van der Waals surface area contributed by atoms with Crippen LogP contribution in [0.2, 0.25) is 5.02 Å². The molecule has 5 nitrogen and oxygen atoms in total. The minimum Gasteiger partial charge on any atom is -0.492 e. The second-order valence-electron chi connectivity index (χ2n) is 6.15. The third-order valence-electron chi connectivity index (χ3n) is 4.03. The van der Waals surface area contributed by atoms with E-state index in [-0.39, 0.29) is 11.9 Å². The van der Waals surface area contributed by atoms with Crippen molar-refractivity contribution in [3.8, 4) is 17.4 Å². The lowest BCUT2D eigenvalue weighted by Gasteiger charge is -2.14. The van der Waals surface area contributed by atoms with Gasteiger partial charge in [0.15, 0.2) is 0 Å². The normalized spacial score (nSPS) is 11.9. The van der Waals surface area contributed by atoms with E-state index >= 15 is 0 Å². The maximum absolute atomic E-state index is 11.2. The molecular weight excluding hydrogens is 364 g/mol. The van der Waals surface area contributed by atoms with Crippen LogP contribution in [0.5, 0.6) is 17.4 Å². The van der Waals surface area contributed by atoms with Crippen LogP contribution in [0.3, 0.4) is 0 Å². The van der Waals surface area contributed by atoms with Crippen molar-refractivity contribution in [1.82, 2.24) is 10.3 Å². The summed E-state index contributed by atoms with van der Waals surface area (Å²) in [5.74, 6) is 1.63. The Morgan fingerprint density at radius 1 is 1.19 bits per heavy atom. The molecule has 0 aliphatic carbocycles. The highest BCUT2D eigenvalue weighted by Gasteiger charge is 2.09. The summed E-state index contributed by atoms with van der Waals surface area (Å²) in [6.45, 7) is 5.91. The Balaban J connectivity index is 1.80. The summed E-state index contributed by atoms with van der Waals surface area (Å²) in [6.07, 6.45) is 0. The van der Waals surface area contributed by atoms with Crippen molar-refractivity contribution in [3.05, 3.63) is 59.1 Å². The Labute approximate surface area is 163 Å². The predicted molar refractivity (Wildman–Crippen MR) is 107 cm³/mol. The van der Waals surface area contributed by atoms with Crippen molar-refractivity contribution >= 4 is 28.4 Å². The zero-order valence-electron chi connectivity index (χ0n) is 15.5. The second kappa shape index (κ2) is 8.27. The van der Waals surface area contributed by atoms with Crippen LogP contribution in [0.15, 0.2) is 48.5 Å². The number of ether oxygens (including phenoxy) is 2. The highest BCUT2D eigenvalue weighted by molar-refractivity contribution is 6.32. The van der Waals surface area contributed by atoms with Crippen molar-refractivity contribution in [2.24, 2.45) is 0 Å². The molecule has 1 amide bonds. The molecule has 0 fully saturated rings. The molecule has 0 aliphatic rings. The van der Waals surface area contributed by atoms with Gasteiger partial charge in [-0.1, -0.05) is 17.7 Å². The first kappa shape index (κ1) is 19.0. The summed E-state index contributed by atoms with van der Waals surface area (Å²) in [6, 6.07) is 14.8. The molecule has 0 spiro atoms. The van der Waals surface area contributed by atoms with Crippen molar-refractivity contribution < 1.29 is 14.3 Å². The molecule has 1 aromatic heterocycles. The Kier molecular flexibility index (Phi) is 5.81. The number of hydrogen-bond donors (Lipinski definition) is 1. The van der Waals surface area contributed by atoms with Gasteiger partial charge in [0.25, 0.3) is 0 Å². The Bertz CT molecular complexity index is 975. The standard InChI is InChI=1S/C21H21ClN2O3/c1-4-26-20-9-7-17(12-18(20)22)27-21-10-6-16-11-15(5-8-19(16)24-21)13(2)23-14(3)25/h5-13H,4H2,1-3H3,(H,23,25). The lowest BCUT2D eigenvalue weighted by molar-refractivity contribution is -0.119. The van der Waals surface area contributed by atoms with Crippen molar-refractivity contribution in [3.63, 3.8) is 0 Å². The quantitative estimate of drug-likeness (QED) is 0.628. The van der Waals surface area contributed by atoms with Gasteiger partial charge >= 0.3 is 0 Å². The van der Waals surface area contributed by atoms with Gasteiger partial charge in [0.1, 0.15) is 11.5 Å². The summed E-state index contributed by atoms with van der Waals surface area (Å²) < 4.78 is 11.2. The number of carbonyl (C=O) groups excluding carboxylic acids is 1. The first-order valence-electron chi connectivity index (χ1n) is 8.74. The lowest BCUT2D eigenvalue weighted by atomic mass is 10.1. The molecule has 3 rings (SSSR count). The number of amides is 1. The molecule has 1 atom stereocenters. The van der Waals surface area contributed by atoms with Gasteiger partial charge in [0.2, 0.25) is 11.8 Å². The fourth-order valence-corrected chi connectivity index (χ4v) is 3.00. The summed E-state index contributed by atoms with van der Waals surface area (Å²) >= 11 is 6.20. The Morgan fingerprint density at radius 2 is 2.00 bits per heavy atom. The van der Waals surface area contributed by atoms with E-state index in [9.17, 15) is 4.79 Å². The monoisotopic (exact) mass is 384 g/mol. The molecule has 0 aliphatic heterocycles. The van der Waals surface area contributed by atoms with Crippen LogP contribution in [0.1, 0.15) is 32.4 Å². The predicted octanol–water partition coefficient (Wildman–Crippen LogP) is 5.28. The molecule has 0 radical (unpaired) electrons. The topological polar surface area (TPSA) is 60.5 Å². The molecule has 2 aromatic carbocycles. The average Bonchev–Trinajstić information content (AvgIpc) is 2.63. The third-order valence-corrected chi connectivity index (χ3v) is 4.33. The zero-order chi connectivity index (χ0) is 19.4. The lowest BCUT2D eigenvalue weighted by Crippen LogP contribution is -2.23. The number of nitrogens with one attached hydrogen (secondary N) is 1. The van der Waals surface area contributed by atoms with Crippen LogP contribution >= 0.6 is 11.6 Å². The molecule has 6 heteroatoms. The summed E-state index contributed by atoms with van der Waals surface area (Å²) in [7, 11) is 0. The maximum atomic E-state index is 11.2. The first-order valence-corrected chi connectivity index (χ1v) is 9.12. The van der Waals surface area contributed by atoms with Crippen molar-refractivity contribution in [2.45, 2.75) is 26.8 Å². The van der Waals surface area contributed by atoms with Crippen LogP contribution in [-0.2, 0) is 4.79 Å². The molecule has 140 valence electrons. The number of aromatic nitrogens is 1. The summed E-state index contributed by atoms with van der Waals surface area (Å²) in [5.41, 5.74) is 1.83. The van der Waals surface area contributed by atoms with Gasteiger partial charge in [-0.05, 0) is 49.7 Å². The van der Waals surface area contributed by atoms with Crippen LogP contribution in [0, 0.1) is 0 Å². The number of nitrogens with zero attached hydrogens (tertiary/aromatic N) is 1. The SMILES string of the molecule is CCOc1ccc(Oc2ccc3cc(C(C)NC(C)=O)ccc3n2)cc1Cl. The van der Waals surface area contributed by atoms with Crippen LogP contribution in [0.25, 0.3) is 10.9 Å². The highest BCUT2D eigenvalue weighted by Crippen LogP contribution is 2.31. The molecule has 1 heterocycles. The fourth-order valence-electron chi connectivity index (χ4n) is 2.78. The zero-order valence-corrected chi connectivity index (χ0v) is 16.2. The van der Waals surface area contributed by atoms with Crippen molar-refractivity contribution in [1.29, 1.82) is 0 Å².